The van der Waals surface area contributed by atoms with Gasteiger partial charge in [-0.1, -0.05) is 13.3 Å². The van der Waals surface area contributed by atoms with Crippen molar-refractivity contribution in [2.45, 2.75) is 19.8 Å². The Morgan fingerprint density at radius 2 is 1.79 bits per heavy atom. The number of amides is 1. The molecule has 0 aliphatic rings. The molecule has 0 fully saturated rings. The minimum absolute atomic E-state index is 0.211. The van der Waals surface area contributed by atoms with Crippen LogP contribution in [0.2, 0.25) is 0 Å². The lowest BCUT2D eigenvalue weighted by Gasteiger charge is -2.21. The van der Waals surface area contributed by atoms with Crippen molar-refractivity contribution in [3.63, 3.8) is 0 Å². The molecule has 0 unspecified atom stereocenters. The molecule has 106 valence electrons. The Labute approximate surface area is 115 Å². The number of carbonyl (C=O) groups excluding carboxylic acids is 1. The van der Waals surface area contributed by atoms with Gasteiger partial charge in [0.25, 0.3) is 5.91 Å². The third-order valence-electron chi connectivity index (χ3n) is 2.65. The molecule has 0 aliphatic heterocycles. The quantitative estimate of drug-likeness (QED) is 0.580. The van der Waals surface area contributed by atoms with Crippen molar-refractivity contribution in [1.29, 1.82) is 0 Å². The van der Waals surface area contributed by atoms with Crippen LogP contribution in [0.25, 0.3) is 0 Å². The van der Waals surface area contributed by atoms with E-state index in [1.165, 1.54) is 4.90 Å². The molecule has 0 aromatic heterocycles. The van der Waals surface area contributed by atoms with E-state index in [0.29, 0.717) is 18.7 Å². The molecule has 1 rings (SSSR count). The van der Waals surface area contributed by atoms with Crippen molar-refractivity contribution in [2.24, 2.45) is 0 Å². The second kappa shape index (κ2) is 7.38. The standard InChI is InChI=1S/C13H15ClF3NO/c1-2-3-5-18(6-4-14)13(19)9-7-10(15)12(17)11(16)8-9/h7-8H,2-6H2,1H3. The highest BCUT2D eigenvalue weighted by molar-refractivity contribution is 6.18. The van der Waals surface area contributed by atoms with Crippen molar-refractivity contribution >= 4 is 17.5 Å². The molecule has 0 aliphatic carbocycles. The van der Waals surface area contributed by atoms with Gasteiger partial charge in [-0.15, -0.1) is 11.6 Å². The van der Waals surface area contributed by atoms with Crippen LogP contribution in [0.3, 0.4) is 0 Å². The number of benzene rings is 1. The maximum absolute atomic E-state index is 13.1. The summed E-state index contributed by atoms with van der Waals surface area (Å²) in [4.78, 5) is 13.5. The zero-order chi connectivity index (χ0) is 14.4. The molecule has 6 heteroatoms. The Bertz CT molecular complexity index is 431. The van der Waals surface area contributed by atoms with Gasteiger partial charge in [0.1, 0.15) is 0 Å². The first-order valence-electron chi connectivity index (χ1n) is 6.01. The molecular formula is C13H15ClF3NO. The monoisotopic (exact) mass is 293 g/mol. The van der Waals surface area contributed by atoms with Crippen LogP contribution >= 0.6 is 11.6 Å². The second-order valence-corrected chi connectivity index (χ2v) is 4.47. The van der Waals surface area contributed by atoms with Gasteiger partial charge in [0.05, 0.1) is 0 Å². The molecule has 2 nitrogen and oxygen atoms in total. The smallest absolute Gasteiger partial charge is 0.254 e. The van der Waals surface area contributed by atoms with E-state index in [2.05, 4.69) is 0 Å². The van der Waals surface area contributed by atoms with E-state index in [1.807, 2.05) is 6.92 Å². The molecule has 1 aromatic rings. The summed E-state index contributed by atoms with van der Waals surface area (Å²) in [7, 11) is 0. The predicted octanol–water partition coefficient (Wildman–Crippen LogP) is 3.59. The van der Waals surface area contributed by atoms with Gasteiger partial charge in [-0.05, 0) is 18.6 Å². The summed E-state index contributed by atoms with van der Waals surface area (Å²) in [6.45, 7) is 2.68. The minimum Gasteiger partial charge on any atom is -0.337 e. The molecule has 1 amide bonds. The van der Waals surface area contributed by atoms with Crippen LogP contribution in [0.1, 0.15) is 30.1 Å². The Morgan fingerprint density at radius 1 is 1.21 bits per heavy atom. The number of rotatable bonds is 6. The molecular weight excluding hydrogens is 279 g/mol. The maximum atomic E-state index is 13.1. The molecule has 0 N–H and O–H groups in total. The number of nitrogens with zero attached hydrogens (tertiary/aromatic N) is 1. The van der Waals surface area contributed by atoms with Gasteiger partial charge in [-0.3, -0.25) is 4.79 Å². The van der Waals surface area contributed by atoms with Crippen LogP contribution in [0.4, 0.5) is 13.2 Å². The number of hydrogen-bond acceptors (Lipinski definition) is 1. The molecule has 0 heterocycles. The SMILES string of the molecule is CCCCN(CCCl)C(=O)c1cc(F)c(F)c(F)c1. The Morgan fingerprint density at radius 3 is 2.26 bits per heavy atom. The summed E-state index contributed by atoms with van der Waals surface area (Å²) < 4.78 is 39.0. The van der Waals surface area contributed by atoms with E-state index >= 15 is 0 Å². The molecule has 1 aromatic carbocycles. The number of hydrogen-bond donors (Lipinski definition) is 0. The highest BCUT2D eigenvalue weighted by Gasteiger charge is 2.19. The summed E-state index contributed by atoms with van der Waals surface area (Å²) in [5, 5.41) is 0. The number of alkyl halides is 1. The van der Waals surface area contributed by atoms with Gasteiger partial charge in [-0.2, -0.15) is 0 Å². The Balaban J connectivity index is 2.95. The third kappa shape index (κ3) is 4.13. The summed E-state index contributed by atoms with van der Waals surface area (Å²) >= 11 is 5.59. The van der Waals surface area contributed by atoms with E-state index in [-0.39, 0.29) is 18.0 Å². The lowest BCUT2D eigenvalue weighted by atomic mass is 10.1. The number of unbranched alkanes of at least 4 members (excludes halogenated alkanes) is 1. The topological polar surface area (TPSA) is 20.3 Å². The van der Waals surface area contributed by atoms with Gasteiger partial charge in [0.15, 0.2) is 17.5 Å². The van der Waals surface area contributed by atoms with Gasteiger partial charge < -0.3 is 4.90 Å². The summed E-state index contributed by atoms with van der Waals surface area (Å²) in [6, 6.07) is 1.40. The van der Waals surface area contributed by atoms with Crippen LogP contribution in [0.15, 0.2) is 12.1 Å². The fourth-order valence-electron chi connectivity index (χ4n) is 1.63. The lowest BCUT2D eigenvalue weighted by molar-refractivity contribution is 0.0762. The normalized spacial score (nSPS) is 10.6. The molecule has 0 saturated carbocycles. The van der Waals surface area contributed by atoms with Crippen LogP contribution in [-0.2, 0) is 0 Å². The van der Waals surface area contributed by atoms with E-state index in [1.54, 1.807) is 0 Å². The van der Waals surface area contributed by atoms with E-state index in [4.69, 9.17) is 11.6 Å². The van der Waals surface area contributed by atoms with Crippen LogP contribution in [0.5, 0.6) is 0 Å². The Kier molecular flexibility index (Phi) is 6.15. The van der Waals surface area contributed by atoms with E-state index in [9.17, 15) is 18.0 Å². The van der Waals surface area contributed by atoms with Crippen LogP contribution in [0, 0.1) is 17.5 Å². The highest BCUT2D eigenvalue weighted by atomic mass is 35.5. The average Bonchev–Trinajstić information content (AvgIpc) is 2.39. The zero-order valence-electron chi connectivity index (χ0n) is 10.6. The summed E-state index contributed by atoms with van der Waals surface area (Å²) in [5.74, 6) is -4.64. The summed E-state index contributed by atoms with van der Waals surface area (Å²) in [6.07, 6.45) is 1.63. The largest absolute Gasteiger partial charge is 0.337 e. The zero-order valence-corrected chi connectivity index (χ0v) is 11.3. The van der Waals surface area contributed by atoms with Gasteiger partial charge in [-0.25, -0.2) is 13.2 Å². The maximum Gasteiger partial charge on any atom is 0.254 e. The van der Waals surface area contributed by atoms with Crippen LogP contribution in [-0.4, -0.2) is 29.8 Å². The van der Waals surface area contributed by atoms with E-state index < -0.39 is 23.4 Å². The molecule has 0 bridgehead atoms. The van der Waals surface area contributed by atoms with Gasteiger partial charge in [0, 0.05) is 24.5 Å². The van der Waals surface area contributed by atoms with Gasteiger partial charge >= 0.3 is 0 Å². The van der Waals surface area contributed by atoms with Crippen molar-refractivity contribution in [3.8, 4) is 0 Å². The second-order valence-electron chi connectivity index (χ2n) is 4.09. The molecule has 19 heavy (non-hydrogen) atoms. The first kappa shape index (κ1) is 15.8. The molecule has 0 atom stereocenters. The predicted molar refractivity (Wildman–Crippen MR) is 67.8 cm³/mol. The van der Waals surface area contributed by atoms with Crippen molar-refractivity contribution < 1.29 is 18.0 Å². The van der Waals surface area contributed by atoms with Crippen molar-refractivity contribution in [2.75, 3.05) is 19.0 Å². The molecule has 0 spiro atoms. The molecule has 0 radical (unpaired) electrons. The lowest BCUT2D eigenvalue weighted by Crippen LogP contribution is -2.33. The van der Waals surface area contributed by atoms with Crippen LogP contribution < -0.4 is 0 Å². The minimum atomic E-state index is -1.57. The Hall–Kier alpha value is -1.23. The molecule has 0 saturated heterocycles. The third-order valence-corrected chi connectivity index (χ3v) is 2.82. The van der Waals surface area contributed by atoms with E-state index in [0.717, 1.165) is 12.8 Å². The first-order chi connectivity index (χ1) is 9.01. The first-order valence-corrected chi connectivity index (χ1v) is 6.54. The highest BCUT2D eigenvalue weighted by Crippen LogP contribution is 2.15. The number of carbonyl (C=O) groups is 1. The van der Waals surface area contributed by atoms with Crippen molar-refractivity contribution in [3.05, 3.63) is 35.1 Å². The average molecular weight is 294 g/mol. The summed E-state index contributed by atoms with van der Waals surface area (Å²) in [5.41, 5.74) is -0.211. The van der Waals surface area contributed by atoms with Gasteiger partial charge in [0.2, 0.25) is 0 Å². The fraction of sp³-hybridized carbons (Fsp3) is 0.462. The fourth-order valence-corrected chi connectivity index (χ4v) is 1.83. The van der Waals surface area contributed by atoms with Crippen molar-refractivity contribution in [1.82, 2.24) is 4.90 Å². The number of halogens is 4.